The van der Waals surface area contributed by atoms with Gasteiger partial charge >= 0.3 is 12.0 Å². The van der Waals surface area contributed by atoms with Crippen LogP contribution in [0.4, 0.5) is 10.5 Å². The average Bonchev–Trinajstić information content (AvgIpc) is 2.72. The van der Waals surface area contributed by atoms with Crippen LogP contribution in [0.2, 0.25) is 0 Å². The molecule has 150 valence electrons. The van der Waals surface area contributed by atoms with Gasteiger partial charge in [-0.05, 0) is 36.4 Å². The normalized spacial score (nSPS) is 15.0. The Morgan fingerprint density at radius 1 is 1.00 bits per heavy atom. The van der Waals surface area contributed by atoms with Crippen molar-refractivity contribution >= 4 is 27.5 Å². The molecule has 8 heteroatoms. The summed E-state index contributed by atoms with van der Waals surface area (Å²) in [6.45, 7) is 0.369. The van der Waals surface area contributed by atoms with Crippen molar-refractivity contribution in [3.63, 3.8) is 0 Å². The number of amides is 2. The van der Waals surface area contributed by atoms with Crippen molar-refractivity contribution in [1.29, 1.82) is 0 Å². The smallest absolute Gasteiger partial charge is 0.337 e. The maximum atomic E-state index is 12.3. The summed E-state index contributed by atoms with van der Waals surface area (Å²) in [7, 11) is -1.72. The monoisotopic (exact) mass is 412 g/mol. The predicted molar refractivity (Wildman–Crippen MR) is 109 cm³/mol. The predicted octanol–water partition coefficient (Wildman–Crippen LogP) is 2.14. The molecule has 0 unspecified atom stereocenters. The molecule has 2 amide bonds. The van der Waals surface area contributed by atoms with Gasteiger partial charge in [0.25, 0.3) is 0 Å². The number of urea groups is 1. The third-order valence-electron chi connectivity index (χ3n) is 4.38. The number of anilines is 1. The van der Waals surface area contributed by atoms with E-state index in [1.165, 1.54) is 12.0 Å². The van der Waals surface area contributed by atoms with Crippen molar-refractivity contribution in [1.82, 2.24) is 4.90 Å². The lowest BCUT2D eigenvalue weighted by atomic mass is 10.1. The van der Waals surface area contributed by atoms with E-state index >= 15 is 0 Å². The molecule has 1 aliphatic rings. The van der Waals surface area contributed by atoms with Crippen LogP contribution in [0, 0.1) is 11.8 Å². The van der Waals surface area contributed by atoms with Gasteiger partial charge in [-0.15, -0.1) is 0 Å². The molecule has 0 radical (unpaired) electrons. The third kappa shape index (κ3) is 5.59. The lowest BCUT2D eigenvalue weighted by Gasteiger charge is -2.26. The van der Waals surface area contributed by atoms with Gasteiger partial charge in [0.15, 0.2) is 9.84 Å². The van der Waals surface area contributed by atoms with E-state index in [9.17, 15) is 18.0 Å². The number of sulfone groups is 1. The Morgan fingerprint density at radius 2 is 1.62 bits per heavy atom. The molecule has 1 fully saturated rings. The SMILES string of the molecule is COC(=O)c1cccc(C#Cc2cccc(NC(=O)N3CCS(=O)(=O)CC3)c2)c1. The Bertz CT molecular complexity index is 1090. The lowest BCUT2D eigenvalue weighted by Crippen LogP contribution is -2.45. The van der Waals surface area contributed by atoms with E-state index in [1.807, 2.05) is 0 Å². The number of carbonyl (C=O) groups is 2. The molecule has 29 heavy (non-hydrogen) atoms. The maximum Gasteiger partial charge on any atom is 0.337 e. The Hall–Kier alpha value is -3.31. The highest BCUT2D eigenvalue weighted by molar-refractivity contribution is 7.91. The van der Waals surface area contributed by atoms with E-state index in [0.717, 1.165) is 0 Å². The topological polar surface area (TPSA) is 92.8 Å². The summed E-state index contributed by atoms with van der Waals surface area (Å²) in [6.07, 6.45) is 0. The van der Waals surface area contributed by atoms with Gasteiger partial charge in [0.1, 0.15) is 0 Å². The van der Waals surface area contributed by atoms with Gasteiger partial charge in [0.05, 0.1) is 24.2 Å². The third-order valence-corrected chi connectivity index (χ3v) is 5.99. The van der Waals surface area contributed by atoms with Gasteiger partial charge in [-0.2, -0.15) is 0 Å². The fourth-order valence-electron chi connectivity index (χ4n) is 2.78. The molecule has 1 N–H and O–H groups in total. The van der Waals surface area contributed by atoms with Crippen molar-refractivity contribution in [2.24, 2.45) is 0 Å². The van der Waals surface area contributed by atoms with Crippen LogP contribution in [0.15, 0.2) is 48.5 Å². The Balaban J connectivity index is 1.69. The molecule has 1 aliphatic heterocycles. The second-order valence-corrected chi connectivity index (χ2v) is 8.78. The second-order valence-electron chi connectivity index (χ2n) is 6.47. The van der Waals surface area contributed by atoms with Gasteiger partial charge in [-0.1, -0.05) is 24.0 Å². The number of rotatable bonds is 2. The number of ether oxygens (including phenoxy) is 1. The molecule has 0 aromatic heterocycles. The summed E-state index contributed by atoms with van der Waals surface area (Å²) in [6, 6.07) is 13.5. The van der Waals surface area contributed by atoms with Crippen LogP contribution in [0.5, 0.6) is 0 Å². The van der Waals surface area contributed by atoms with Crippen molar-refractivity contribution in [3.8, 4) is 11.8 Å². The highest BCUT2D eigenvalue weighted by Gasteiger charge is 2.24. The van der Waals surface area contributed by atoms with Crippen LogP contribution in [-0.2, 0) is 14.6 Å². The number of esters is 1. The molecule has 2 aromatic carbocycles. The van der Waals surface area contributed by atoms with E-state index in [2.05, 4.69) is 17.2 Å². The number of hydrogen-bond donors (Lipinski definition) is 1. The van der Waals surface area contributed by atoms with Crippen LogP contribution in [0.3, 0.4) is 0 Å². The van der Waals surface area contributed by atoms with E-state index in [-0.39, 0.29) is 30.6 Å². The molecular formula is C21H20N2O5S. The Morgan fingerprint density at radius 3 is 2.28 bits per heavy atom. The summed E-state index contributed by atoms with van der Waals surface area (Å²) in [5.74, 6) is 5.53. The van der Waals surface area contributed by atoms with Gasteiger partial charge in [-0.25, -0.2) is 18.0 Å². The summed E-state index contributed by atoms with van der Waals surface area (Å²) in [4.78, 5) is 25.4. The number of nitrogens with zero attached hydrogens (tertiary/aromatic N) is 1. The van der Waals surface area contributed by atoms with Crippen molar-refractivity contribution in [3.05, 3.63) is 65.2 Å². The molecule has 2 aromatic rings. The molecular weight excluding hydrogens is 392 g/mol. The summed E-state index contributed by atoms with van der Waals surface area (Å²) in [5, 5.41) is 2.77. The zero-order chi connectivity index (χ0) is 20.9. The zero-order valence-corrected chi connectivity index (χ0v) is 16.7. The molecule has 0 saturated carbocycles. The summed E-state index contributed by atoms with van der Waals surface area (Å²) < 4.78 is 27.7. The van der Waals surface area contributed by atoms with Crippen LogP contribution >= 0.6 is 0 Å². The lowest BCUT2D eigenvalue weighted by molar-refractivity contribution is 0.0600. The first-order valence-electron chi connectivity index (χ1n) is 8.93. The average molecular weight is 412 g/mol. The summed E-state index contributed by atoms with van der Waals surface area (Å²) in [5.41, 5.74) is 2.34. The fraction of sp³-hybridized carbons (Fsp3) is 0.238. The minimum absolute atomic E-state index is 0.0173. The molecule has 0 spiro atoms. The first-order chi connectivity index (χ1) is 13.9. The number of methoxy groups -OCH3 is 1. The van der Waals surface area contributed by atoms with Gasteiger partial charge in [0.2, 0.25) is 0 Å². The maximum absolute atomic E-state index is 12.3. The quantitative estimate of drug-likeness (QED) is 0.603. The van der Waals surface area contributed by atoms with Gasteiger partial charge in [-0.3, -0.25) is 0 Å². The van der Waals surface area contributed by atoms with Crippen LogP contribution in [0.1, 0.15) is 21.5 Å². The summed E-state index contributed by atoms with van der Waals surface area (Å²) >= 11 is 0. The standard InChI is InChI=1S/C21H20N2O5S/c1-28-20(24)18-6-2-4-16(14-18)8-9-17-5-3-7-19(15-17)22-21(25)23-10-12-29(26,27)13-11-23/h2-7,14-15H,10-13H2,1H3,(H,22,25). The van der Waals surface area contributed by atoms with E-state index < -0.39 is 15.8 Å². The molecule has 3 rings (SSSR count). The Kier molecular flexibility index (Phi) is 6.20. The van der Waals surface area contributed by atoms with Crippen molar-refractivity contribution in [2.75, 3.05) is 37.0 Å². The zero-order valence-electron chi connectivity index (χ0n) is 15.8. The van der Waals surface area contributed by atoms with E-state index in [0.29, 0.717) is 22.4 Å². The van der Waals surface area contributed by atoms with Crippen LogP contribution < -0.4 is 5.32 Å². The van der Waals surface area contributed by atoms with Gasteiger partial charge < -0.3 is 15.0 Å². The number of hydrogen-bond acceptors (Lipinski definition) is 5. The van der Waals surface area contributed by atoms with E-state index in [4.69, 9.17) is 4.74 Å². The molecule has 0 bridgehead atoms. The number of benzene rings is 2. The number of carbonyl (C=O) groups excluding carboxylic acids is 2. The highest BCUT2D eigenvalue weighted by Crippen LogP contribution is 2.13. The first-order valence-corrected chi connectivity index (χ1v) is 10.8. The van der Waals surface area contributed by atoms with Crippen molar-refractivity contribution in [2.45, 2.75) is 0 Å². The second kappa shape index (κ2) is 8.80. The molecule has 0 aliphatic carbocycles. The minimum Gasteiger partial charge on any atom is -0.465 e. The van der Waals surface area contributed by atoms with Crippen LogP contribution in [-0.4, -0.2) is 57.0 Å². The minimum atomic E-state index is -3.04. The molecule has 1 saturated heterocycles. The van der Waals surface area contributed by atoms with Crippen molar-refractivity contribution < 1.29 is 22.7 Å². The highest BCUT2D eigenvalue weighted by atomic mass is 32.2. The molecule has 0 atom stereocenters. The molecule has 7 nitrogen and oxygen atoms in total. The number of nitrogens with one attached hydrogen (secondary N) is 1. The fourth-order valence-corrected chi connectivity index (χ4v) is 3.98. The van der Waals surface area contributed by atoms with Gasteiger partial charge in [0, 0.05) is 29.9 Å². The largest absolute Gasteiger partial charge is 0.465 e. The molecule has 1 heterocycles. The van der Waals surface area contributed by atoms with Crippen LogP contribution in [0.25, 0.3) is 0 Å². The Labute approximate surface area is 169 Å². The van der Waals surface area contributed by atoms with E-state index in [1.54, 1.807) is 48.5 Å². The first kappa shape index (κ1) is 20.4.